The number of likely N-dealkylation sites (tertiary alicyclic amines) is 1. The molecule has 3 amide bonds. The molecule has 1 aromatic carbocycles. The second kappa shape index (κ2) is 8.68. The highest BCUT2D eigenvalue weighted by molar-refractivity contribution is 6.44. The molecule has 0 spiro atoms. The number of nitrogens with one attached hydrogen (secondary N) is 1. The molecule has 0 bridgehead atoms. The van der Waals surface area contributed by atoms with Crippen molar-refractivity contribution in [1.29, 1.82) is 0 Å². The Morgan fingerprint density at radius 3 is 2.18 bits per heavy atom. The fourth-order valence-electron chi connectivity index (χ4n) is 3.51. The predicted octanol–water partition coefficient (Wildman–Crippen LogP) is 3.30. The number of hydrogen-bond donors (Lipinski definition) is 1. The van der Waals surface area contributed by atoms with Crippen LogP contribution >= 0.6 is 34.8 Å². The third-order valence-corrected chi connectivity index (χ3v) is 5.90. The van der Waals surface area contributed by atoms with E-state index in [1.54, 1.807) is 0 Å². The number of carbonyl (C=O) groups excluding carboxylic acids is 4. The Morgan fingerprint density at radius 1 is 1.00 bits per heavy atom. The van der Waals surface area contributed by atoms with Gasteiger partial charge in [-0.05, 0) is 25.0 Å². The molecule has 1 aliphatic heterocycles. The zero-order valence-corrected chi connectivity index (χ0v) is 16.9. The smallest absolute Gasteiger partial charge is 0.326 e. The summed E-state index contributed by atoms with van der Waals surface area (Å²) in [6.07, 6.45) is 3.12. The zero-order valence-electron chi connectivity index (χ0n) is 14.7. The molecule has 28 heavy (non-hydrogen) atoms. The molecular formula is C18H17Cl3N2O5. The third-order valence-electron chi connectivity index (χ3n) is 4.87. The Labute approximate surface area is 176 Å². The first-order chi connectivity index (χ1) is 13.3. The number of ether oxygens (including phenoxy) is 1. The monoisotopic (exact) mass is 446 g/mol. The van der Waals surface area contributed by atoms with Crippen LogP contribution in [0.25, 0.3) is 0 Å². The van der Waals surface area contributed by atoms with Gasteiger partial charge in [0.25, 0.3) is 5.91 Å². The number of imide groups is 1. The van der Waals surface area contributed by atoms with Crippen LogP contribution in [0.2, 0.25) is 15.1 Å². The summed E-state index contributed by atoms with van der Waals surface area (Å²) in [6.45, 7) is -1.09. The molecular weight excluding hydrogens is 431 g/mol. The number of fused-ring (bicyclic) bond motifs is 1. The minimum atomic E-state index is -0.837. The average molecular weight is 448 g/mol. The molecule has 1 aromatic rings. The fourth-order valence-corrected chi connectivity index (χ4v) is 4.11. The molecule has 2 fully saturated rings. The lowest BCUT2D eigenvalue weighted by Gasteiger charge is -2.19. The SMILES string of the molecule is O=C(COC(=O)CN1C(=O)[C@H]2CCCC[C@@H]2C1=O)Nc1cc(Cl)c(Cl)cc1Cl. The molecule has 0 radical (unpaired) electrons. The molecule has 10 heteroatoms. The lowest BCUT2D eigenvalue weighted by molar-refractivity contribution is -0.154. The highest BCUT2D eigenvalue weighted by Crippen LogP contribution is 2.38. The van der Waals surface area contributed by atoms with Gasteiger partial charge in [-0.3, -0.25) is 24.1 Å². The van der Waals surface area contributed by atoms with Crippen molar-refractivity contribution in [2.24, 2.45) is 11.8 Å². The first-order valence-electron chi connectivity index (χ1n) is 8.73. The van der Waals surface area contributed by atoms with Crippen LogP contribution < -0.4 is 5.32 Å². The van der Waals surface area contributed by atoms with E-state index in [2.05, 4.69) is 5.32 Å². The van der Waals surface area contributed by atoms with E-state index in [4.69, 9.17) is 39.5 Å². The molecule has 150 valence electrons. The number of nitrogens with zero attached hydrogens (tertiary/aromatic N) is 1. The van der Waals surface area contributed by atoms with Crippen molar-refractivity contribution in [2.75, 3.05) is 18.5 Å². The summed E-state index contributed by atoms with van der Waals surface area (Å²) in [5, 5.41) is 3.05. The van der Waals surface area contributed by atoms with Crippen LogP contribution in [0.15, 0.2) is 12.1 Å². The Kier molecular flexibility index (Phi) is 6.47. The van der Waals surface area contributed by atoms with Crippen LogP contribution in [0.5, 0.6) is 0 Å². The van der Waals surface area contributed by atoms with Gasteiger partial charge in [-0.1, -0.05) is 47.6 Å². The summed E-state index contributed by atoms with van der Waals surface area (Å²) < 4.78 is 4.88. The Balaban J connectivity index is 1.52. The van der Waals surface area contributed by atoms with E-state index in [1.165, 1.54) is 12.1 Å². The number of esters is 1. The van der Waals surface area contributed by atoms with Crippen LogP contribution in [0.4, 0.5) is 5.69 Å². The summed E-state index contributed by atoms with van der Waals surface area (Å²) in [5.74, 6) is -2.84. The topological polar surface area (TPSA) is 92.8 Å². The first-order valence-corrected chi connectivity index (χ1v) is 9.86. The lowest BCUT2D eigenvalue weighted by atomic mass is 9.81. The van der Waals surface area contributed by atoms with Crippen molar-refractivity contribution in [3.63, 3.8) is 0 Å². The van der Waals surface area contributed by atoms with Gasteiger partial charge < -0.3 is 10.1 Å². The summed E-state index contributed by atoms with van der Waals surface area (Å²) in [7, 11) is 0. The van der Waals surface area contributed by atoms with Gasteiger partial charge in [0.05, 0.1) is 32.6 Å². The number of hydrogen-bond acceptors (Lipinski definition) is 5. The summed E-state index contributed by atoms with van der Waals surface area (Å²) in [4.78, 5) is 49.6. The van der Waals surface area contributed by atoms with Crippen molar-refractivity contribution in [3.05, 3.63) is 27.2 Å². The number of benzene rings is 1. The quantitative estimate of drug-likeness (QED) is 0.425. The van der Waals surface area contributed by atoms with Crippen molar-refractivity contribution >= 4 is 64.2 Å². The van der Waals surface area contributed by atoms with E-state index in [1.807, 2.05) is 0 Å². The van der Waals surface area contributed by atoms with Crippen LogP contribution in [0.1, 0.15) is 25.7 Å². The minimum Gasteiger partial charge on any atom is -0.454 e. The minimum absolute atomic E-state index is 0.171. The number of rotatable bonds is 5. The molecule has 3 rings (SSSR count). The summed E-state index contributed by atoms with van der Waals surface area (Å²) in [6, 6.07) is 2.74. The predicted molar refractivity (Wildman–Crippen MR) is 103 cm³/mol. The van der Waals surface area contributed by atoms with Gasteiger partial charge >= 0.3 is 5.97 Å². The maximum Gasteiger partial charge on any atom is 0.326 e. The normalized spacial score (nSPS) is 21.5. The highest BCUT2D eigenvalue weighted by atomic mass is 35.5. The largest absolute Gasteiger partial charge is 0.454 e. The number of carbonyl (C=O) groups is 4. The van der Waals surface area contributed by atoms with E-state index < -0.39 is 25.0 Å². The van der Waals surface area contributed by atoms with Crippen molar-refractivity contribution in [3.8, 4) is 0 Å². The van der Waals surface area contributed by atoms with Gasteiger partial charge in [0.1, 0.15) is 6.54 Å². The van der Waals surface area contributed by atoms with E-state index in [0.717, 1.165) is 17.7 Å². The van der Waals surface area contributed by atoms with Gasteiger partial charge in [-0.2, -0.15) is 0 Å². The zero-order chi connectivity index (χ0) is 20.4. The number of amides is 3. The van der Waals surface area contributed by atoms with Gasteiger partial charge in [0, 0.05) is 0 Å². The second-order valence-corrected chi connectivity index (χ2v) is 7.94. The van der Waals surface area contributed by atoms with Crippen LogP contribution in [-0.2, 0) is 23.9 Å². The molecule has 2 aliphatic rings. The molecule has 2 atom stereocenters. The summed E-state index contributed by atoms with van der Waals surface area (Å²) >= 11 is 17.7. The molecule has 1 saturated heterocycles. The highest BCUT2D eigenvalue weighted by Gasteiger charge is 2.48. The van der Waals surface area contributed by atoms with Gasteiger partial charge in [-0.25, -0.2) is 0 Å². The van der Waals surface area contributed by atoms with E-state index in [9.17, 15) is 19.2 Å². The number of anilines is 1. The fraction of sp³-hybridized carbons (Fsp3) is 0.444. The number of halogens is 3. The molecule has 0 unspecified atom stereocenters. The van der Waals surface area contributed by atoms with Gasteiger partial charge in [-0.15, -0.1) is 0 Å². The van der Waals surface area contributed by atoms with E-state index in [-0.39, 0.29) is 44.4 Å². The molecule has 1 saturated carbocycles. The average Bonchev–Trinajstić information content (AvgIpc) is 2.90. The third kappa shape index (κ3) is 4.42. The maximum atomic E-state index is 12.3. The first kappa shape index (κ1) is 20.9. The Morgan fingerprint density at radius 2 is 1.57 bits per heavy atom. The Hall–Kier alpha value is -1.83. The van der Waals surface area contributed by atoms with Gasteiger partial charge in [0.2, 0.25) is 11.8 Å². The van der Waals surface area contributed by atoms with Crippen LogP contribution in [0.3, 0.4) is 0 Å². The molecule has 0 aromatic heterocycles. The van der Waals surface area contributed by atoms with Crippen LogP contribution in [0, 0.1) is 11.8 Å². The van der Waals surface area contributed by atoms with Crippen molar-refractivity contribution < 1.29 is 23.9 Å². The lowest BCUT2D eigenvalue weighted by Crippen LogP contribution is -2.37. The van der Waals surface area contributed by atoms with Crippen molar-refractivity contribution in [2.45, 2.75) is 25.7 Å². The van der Waals surface area contributed by atoms with E-state index in [0.29, 0.717) is 12.8 Å². The summed E-state index contributed by atoms with van der Waals surface area (Å²) in [5.41, 5.74) is 0.214. The van der Waals surface area contributed by atoms with Crippen molar-refractivity contribution in [1.82, 2.24) is 4.90 Å². The molecule has 1 aliphatic carbocycles. The maximum absolute atomic E-state index is 12.3. The second-order valence-electron chi connectivity index (χ2n) is 6.72. The molecule has 1 N–H and O–H groups in total. The van der Waals surface area contributed by atoms with Crippen LogP contribution in [-0.4, -0.2) is 41.7 Å². The van der Waals surface area contributed by atoms with E-state index >= 15 is 0 Å². The molecule has 7 nitrogen and oxygen atoms in total. The Bertz CT molecular complexity index is 821. The van der Waals surface area contributed by atoms with Gasteiger partial charge in [0.15, 0.2) is 6.61 Å². The standard InChI is InChI=1S/C18H17Cl3N2O5/c19-11-5-13(21)14(6-12(11)20)22-15(24)8-28-16(25)7-23-17(26)9-3-1-2-4-10(9)18(23)27/h5-6,9-10H,1-4,7-8H2,(H,22,24)/t9-,10-/m0/s1. The molecule has 1 heterocycles.